The van der Waals surface area contributed by atoms with E-state index in [0.717, 1.165) is 30.6 Å². The molecule has 17 heavy (non-hydrogen) atoms. The summed E-state index contributed by atoms with van der Waals surface area (Å²) >= 11 is 0. The van der Waals surface area contributed by atoms with Gasteiger partial charge in [0.2, 0.25) is 10.0 Å². The predicted molar refractivity (Wildman–Crippen MR) is 67.3 cm³/mol. The molecule has 0 spiro atoms. The fourth-order valence-electron chi connectivity index (χ4n) is 2.12. The Morgan fingerprint density at radius 1 is 1.35 bits per heavy atom. The minimum atomic E-state index is -3.38. The fraction of sp³-hybridized carbons (Fsp3) is 0.500. The van der Waals surface area contributed by atoms with Gasteiger partial charge in [0.1, 0.15) is 0 Å². The minimum Gasteiger partial charge on any atom is -0.312 e. The molecule has 0 saturated heterocycles. The summed E-state index contributed by atoms with van der Waals surface area (Å²) in [6.07, 6.45) is 0.768. The van der Waals surface area contributed by atoms with Crippen LogP contribution in [0.3, 0.4) is 0 Å². The van der Waals surface area contributed by atoms with Crippen LogP contribution in [0.4, 0.5) is 0 Å². The molecule has 1 aromatic carbocycles. The summed E-state index contributed by atoms with van der Waals surface area (Å²) in [7, 11) is -3.38. The first kappa shape index (κ1) is 12.5. The lowest BCUT2D eigenvalue weighted by molar-refractivity contribution is 0.565. The van der Waals surface area contributed by atoms with Crippen LogP contribution in [0.1, 0.15) is 25.0 Å². The van der Waals surface area contributed by atoms with Gasteiger partial charge in [-0.1, -0.05) is 12.1 Å². The third-order valence-corrected chi connectivity index (χ3v) is 4.52. The first-order chi connectivity index (χ1) is 8.00. The monoisotopic (exact) mass is 254 g/mol. The molecule has 0 atom stereocenters. The summed E-state index contributed by atoms with van der Waals surface area (Å²) in [6, 6.07) is 5.39. The van der Waals surface area contributed by atoms with E-state index >= 15 is 0 Å². The van der Waals surface area contributed by atoms with E-state index in [1.807, 2.05) is 19.9 Å². The molecule has 4 nitrogen and oxygen atoms in total. The quantitative estimate of drug-likeness (QED) is 0.846. The second-order valence-electron chi connectivity index (χ2n) is 4.60. The largest absolute Gasteiger partial charge is 0.312 e. The van der Waals surface area contributed by atoms with E-state index in [9.17, 15) is 8.42 Å². The molecular formula is C12H18N2O2S. The molecule has 5 heteroatoms. The van der Waals surface area contributed by atoms with Gasteiger partial charge in [0, 0.05) is 12.6 Å². The molecule has 2 N–H and O–H groups in total. The van der Waals surface area contributed by atoms with Crippen molar-refractivity contribution < 1.29 is 8.42 Å². The maximum Gasteiger partial charge on any atom is 0.241 e. The average Bonchev–Trinajstić information content (AvgIpc) is 2.26. The molecule has 0 amide bonds. The number of sulfonamides is 1. The van der Waals surface area contributed by atoms with Crippen molar-refractivity contribution in [2.75, 3.05) is 6.54 Å². The molecule has 0 fully saturated rings. The summed E-state index contributed by atoms with van der Waals surface area (Å²) < 4.78 is 27.0. The number of hydrogen-bond acceptors (Lipinski definition) is 3. The molecule has 0 unspecified atom stereocenters. The second-order valence-corrected chi connectivity index (χ2v) is 6.28. The van der Waals surface area contributed by atoms with Gasteiger partial charge in [0.25, 0.3) is 0 Å². The Morgan fingerprint density at radius 3 is 2.82 bits per heavy atom. The summed E-state index contributed by atoms with van der Waals surface area (Å²) in [6.45, 7) is 5.24. The van der Waals surface area contributed by atoms with Crippen LogP contribution in [0.5, 0.6) is 0 Å². The molecular weight excluding hydrogens is 236 g/mol. The van der Waals surface area contributed by atoms with Gasteiger partial charge in [-0.3, -0.25) is 0 Å². The van der Waals surface area contributed by atoms with Crippen molar-refractivity contribution in [3.05, 3.63) is 29.3 Å². The average molecular weight is 254 g/mol. The van der Waals surface area contributed by atoms with Crippen LogP contribution in [0.25, 0.3) is 0 Å². The Bertz CT molecular complexity index is 509. The zero-order valence-corrected chi connectivity index (χ0v) is 11.0. The van der Waals surface area contributed by atoms with Crippen LogP contribution in [-0.2, 0) is 23.0 Å². The van der Waals surface area contributed by atoms with Gasteiger partial charge in [-0.25, -0.2) is 13.1 Å². The molecule has 0 bridgehead atoms. The maximum atomic E-state index is 12.2. The second kappa shape index (κ2) is 4.76. The van der Waals surface area contributed by atoms with Gasteiger partial charge >= 0.3 is 0 Å². The summed E-state index contributed by atoms with van der Waals surface area (Å²) in [5.74, 6) is 0. The molecule has 1 heterocycles. The maximum absolute atomic E-state index is 12.2. The van der Waals surface area contributed by atoms with Gasteiger partial charge in [0.05, 0.1) is 4.90 Å². The van der Waals surface area contributed by atoms with Crippen LogP contribution in [-0.4, -0.2) is 21.0 Å². The topological polar surface area (TPSA) is 58.2 Å². The van der Waals surface area contributed by atoms with Crippen molar-refractivity contribution in [3.63, 3.8) is 0 Å². The highest BCUT2D eigenvalue weighted by molar-refractivity contribution is 7.89. The van der Waals surface area contributed by atoms with Crippen LogP contribution < -0.4 is 10.0 Å². The van der Waals surface area contributed by atoms with E-state index in [0.29, 0.717) is 4.90 Å². The third-order valence-electron chi connectivity index (χ3n) is 2.78. The molecule has 1 aromatic rings. The highest BCUT2D eigenvalue weighted by Gasteiger charge is 2.22. The highest BCUT2D eigenvalue weighted by atomic mass is 32.2. The Hall–Kier alpha value is -0.910. The van der Waals surface area contributed by atoms with E-state index < -0.39 is 10.0 Å². The van der Waals surface area contributed by atoms with Crippen LogP contribution >= 0.6 is 0 Å². The normalized spacial score (nSPS) is 15.9. The van der Waals surface area contributed by atoms with Gasteiger partial charge in [-0.15, -0.1) is 0 Å². The summed E-state index contributed by atoms with van der Waals surface area (Å²) in [5, 5.41) is 3.25. The minimum absolute atomic E-state index is 0.0856. The Balaban J connectivity index is 2.45. The van der Waals surface area contributed by atoms with Crippen molar-refractivity contribution in [2.24, 2.45) is 0 Å². The lowest BCUT2D eigenvalue weighted by Gasteiger charge is -2.21. The molecule has 0 aromatic heterocycles. The fourth-order valence-corrected chi connectivity index (χ4v) is 3.69. The standard InChI is InChI=1S/C12H18N2O2S/c1-9(2)14-17(15,16)12-5-3-4-10-8-13-7-6-11(10)12/h3-5,9,13-14H,6-8H2,1-2H3. The van der Waals surface area contributed by atoms with E-state index in [4.69, 9.17) is 0 Å². The zero-order valence-electron chi connectivity index (χ0n) is 10.2. The number of fused-ring (bicyclic) bond motifs is 1. The number of rotatable bonds is 3. The predicted octanol–water partition coefficient (Wildman–Crippen LogP) is 1.02. The van der Waals surface area contributed by atoms with Crippen molar-refractivity contribution >= 4 is 10.0 Å². The van der Waals surface area contributed by atoms with E-state index in [1.54, 1.807) is 12.1 Å². The van der Waals surface area contributed by atoms with Gasteiger partial charge in [0.15, 0.2) is 0 Å². The van der Waals surface area contributed by atoms with Gasteiger partial charge < -0.3 is 5.32 Å². The first-order valence-electron chi connectivity index (χ1n) is 5.84. The van der Waals surface area contributed by atoms with Crippen LogP contribution in [0.15, 0.2) is 23.1 Å². The molecule has 94 valence electrons. The summed E-state index contributed by atoms with van der Waals surface area (Å²) in [4.78, 5) is 0.435. The lowest BCUT2D eigenvalue weighted by atomic mass is 10.0. The smallest absolute Gasteiger partial charge is 0.241 e. The molecule has 1 aliphatic rings. The summed E-state index contributed by atoms with van der Waals surface area (Å²) in [5.41, 5.74) is 2.04. The number of hydrogen-bond donors (Lipinski definition) is 2. The molecule has 1 aliphatic heterocycles. The first-order valence-corrected chi connectivity index (χ1v) is 7.33. The van der Waals surface area contributed by atoms with Crippen molar-refractivity contribution in [3.8, 4) is 0 Å². The molecule has 0 saturated carbocycles. The van der Waals surface area contributed by atoms with Crippen molar-refractivity contribution in [1.82, 2.24) is 10.0 Å². The van der Waals surface area contributed by atoms with Crippen LogP contribution in [0.2, 0.25) is 0 Å². The zero-order chi connectivity index (χ0) is 12.5. The Morgan fingerprint density at radius 2 is 2.12 bits per heavy atom. The van der Waals surface area contributed by atoms with E-state index in [1.165, 1.54) is 0 Å². The molecule has 2 rings (SSSR count). The van der Waals surface area contributed by atoms with Crippen molar-refractivity contribution in [2.45, 2.75) is 37.8 Å². The van der Waals surface area contributed by atoms with Gasteiger partial charge in [-0.2, -0.15) is 0 Å². The van der Waals surface area contributed by atoms with Crippen molar-refractivity contribution in [1.29, 1.82) is 0 Å². The van der Waals surface area contributed by atoms with E-state index in [-0.39, 0.29) is 6.04 Å². The van der Waals surface area contributed by atoms with Gasteiger partial charge in [-0.05, 0) is 44.0 Å². The molecule has 0 radical (unpaired) electrons. The lowest BCUT2D eigenvalue weighted by Crippen LogP contribution is -2.33. The highest BCUT2D eigenvalue weighted by Crippen LogP contribution is 2.22. The number of nitrogens with one attached hydrogen (secondary N) is 2. The number of benzene rings is 1. The van der Waals surface area contributed by atoms with Crippen LogP contribution in [0, 0.1) is 0 Å². The Labute approximate surface area is 102 Å². The SMILES string of the molecule is CC(C)NS(=O)(=O)c1cccc2c1CCNC2. The Kier molecular flexibility index (Phi) is 3.51. The van der Waals surface area contributed by atoms with E-state index in [2.05, 4.69) is 10.0 Å². The molecule has 0 aliphatic carbocycles. The third kappa shape index (κ3) is 2.68.